The van der Waals surface area contributed by atoms with Crippen molar-refractivity contribution in [3.63, 3.8) is 0 Å². The first-order chi connectivity index (χ1) is 18.2. The average molecular weight is 542 g/mol. The third-order valence-corrected chi connectivity index (χ3v) is 8.29. The first kappa shape index (κ1) is 24.4. The number of fused-ring (bicyclic) bond motifs is 3. The van der Waals surface area contributed by atoms with Crippen LogP contribution < -0.4 is 16.2 Å². The predicted molar refractivity (Wildman–Crippen MR) is 135 cm³/mol. The molecule has 0 saturated carbocycles. The molecule has 196 valence electrons. The van der Waals surface area contributed by atoms with Gasteiger partial charge in [0.1, 0.15) is 28.2 Å². The van der Waals surface area contributed by atoms with Crippen molar-refractivity contribution in [2.24, 2.45) is 0 Å². The van der Waals surface area contributed by atoms with Crippen molar-refractivity contribution >= 4 is 34.3 Å². The Hall–Kier alpha value is -3.90. The number of carbonyl (C=O) groups is 1. The maximum Gasteiger partial charge on any atom is 0.519 e. The topological polar surface area (TPSA) is 109 Å². The molecule has 2 aromatic heterocycles. The van der Waals surface area contributed by atoms with Gasteiger partial charge in [0, 0.05) is 26.2 Å². The zero-order valence-electron chi connectivity index (χ0n) is 20.1. The van der Waals surface area contributed by atoms with Crippen molar-refractivity contribution in [3.8, 4) is 0 Å². The number of hydrogen-bond donors (Lipinski definition) is 1. The highest BCUT2D eigenvalue weighted by Gasteiger charge is 2.38. The minimum Gasteiger partial charge on any atom is -0.477 e. The molecule has 4 aromatic rings. The molecule has 0 bridgehead atoms. The molecule has 1 N–H and O–H groups in total. The van der Waals surface area contributed by atoms with Gasteiger partial charge in [-0.2, -0.15) is 0 Å². The Morgan fingerprint density at radius 2 is 1.82 bits per heavy atom. The van der Waals surface area contributed by atoms with E-state index in [4.69, 9.17) is 8.83 Å². The fraction of sp³-hybridized carbons (Fsp3) is 0.269. The summed E-state index contributed by atoms with van der Waals surface area (Å²) in [6, 6.07) is 10.1. The Morgan fingerprint density at radius 1 is 1.11 bits per heavy atom. The highest BCUT2D eigenvalue weighted by atomic mass is 32.2. The molecule has 1 saturated heterocycles. The number of carboxylic acid groups (broad SMARTS) is 1. The van der Waals surface area contributed by atoms with Gasteiger partial charge in [0.2, 0.25) is 5.43 Å². The van der Waals surface area contributed by atoms with Crippen LogP contribution in [0.1, 0.15) is 32.8 Å². The highest BCUT2D eigenvalue weighted by Crippen LogP contribution is 2.51. The van der Waals surface area contributed by atoms with Gasteiger partial charge in [0.25, 0.3) is 0 Å². The second-order valence-electron chi connectivity index (χ2n) is 9.18. The lowest BCUT2D eigenvalue weighted by Gasteiger charge is -2.38. The summed E-state index contributed by atoms with van der Waals surface area (Å²) < 4.78 is 43.0. The summed E-state index contributed by atoms with van der Waals surface area (Å²) in [5.41, 5.74) is -0.979. The third-order valence-electron chi connectivity index (χ3n) is 6.96. The van der Waals surface area contributed by atoms with Gasteiger partial charge >= 0.3 is 11.8 Å². The Morgan fingerprint density at radius 3 is 2.45 bits per heavy atom. The third kappa shape index (κ3) is 3.82. The molecule has 2 aliphatic rings. The zero-order chi connectivity index (χ0) is 26.7. The van der Waals surface area contributed by atoms with E-state index in [-0.39, 0.29) is 34.7 Å². The van der Waals surface area contributed by atoms with Gasteiger partial charge < -0.3 is 23.4 Å². The lowest BCUT2D eigenvalue weighted by Crippen LogP contribution is -2.46. The molecule has 1 atom stereocenters. The van der Waals surface area contributed by atoms with E-state index < -0.39 is 39.8 Å². The summed E-state index contributed by atoms with van der Waals surface area (Å²) >= 11 is 1.16. The molecule has 0 spiro atoms. The number of thioether (sulfide) groups is 1. The van der Waals surface area contributed by atoms with Crippen LogP contribution >= 0.6 is 11.8 Å². The number of pyridine rings is 1. The second-order valence-corrected chi connectivity index (χ2v) is 10.2. The lowest BCUT2D eigenvalue weighted by atomic mass is 10.1. The van der Waals surface area contributed by atoms with E-state index in [0.717, 1.165) is 23.4 Å². The Labute approximate surface area is 217 Å². The van der Waals surface area contributed by atoms with E-state index in [2.05, 4.69) is 0 Å². The first-order valence-corrected chi connectivity index (χ1v) is 12.7. The van der Waals surface area contributed by atoms with Gasteiger partial charge in [-0.05, 0) is 18.6 Å². The van der Waals surface area contributed by atoms with Crippen molar-refractivity contribution in [2.45, 2.75) is 23.9 Å². The number of rotatable bonds is 5. The van der Waals surface area contributed by atoms with E-state index in [9.17, 15) is 19.5 Å². The van der Waals surface area contributed by atoms with Crippen LogP contribution in [0.5, 0.6) is 0 Å². The molecule has 0 amide bonds. The fourth-order valence-corrected chi connectivity index (χ4v) is 6.34. The van der Waals surface area contributed by atoms with E-state index in [1.807, 2.05) is 35.2 Å². The Kier molecular flexibility index (Phi) is 5.88. The molecule has 38 heavy (non-hydrogen) atoms. The van der Waals surface area contributed by atoms with Crippen molar-refractivity contribution < 1.29 is 27.5 Å². The number of aryl methyl sites for hydroxylation is 1. The Balaban J connectivity index is 1.40. The minimum absolute atomic E-state index is 0.114. The predicted octanol–water partition coefficient (Wildman–Crippen LogP) is 3.81. The summed E-state index contributed by atoms with van der Waals surface area (Å²) in [5, 5.41) is 9.07. The van der Waals surface area contributed by atoms with Crippen LogP contribution in [-0.2, 0) is 6.54 Å². The number of anilines is 1. The molecule has 2 aromatic carbocycles. The zero-order valence-corrected chi connectivity index (χ0v) is 20.9. The van der Waals surface area contributed by atoms with Crippen molar-refractivity contribution in [1.29, 1.82) is 0 Å². The number of aromatic nitrogens is 1. The molecular weight excluding hydrogens is 520 g/mol. The van der Waals surface area contributed by atoms with Crippen molar-refractivity contribution in [1.82, 2.24) is 9.47 Å². The van der Waals surface area contributed by atoms with Crippen LogP contribution in [0.4, 0.5) is 14.5 Å². The molecular formula is C26H21F2N3O6S. The van der Waals surface area contributed by atoms with Gasteiger partial charge in [0.05, 0.1) is 22.5 Å². The molecule has 0 radical (unpaired) electrons. The van der Waals surface area contributed by atoms with E-state index >= 15 is 8.78 Å². The molecule has 1 fully saturated rings. The number of hydrogen-bond acceptors (Lipinski definition) is 8. The van der Waals surface area contributed by atoms with Gasteiger partial charge in [-0.15, -0.1) is 0 Å². The standard InChI is InChI=1S/C26H21F2N3O6S/c1-13-17(37-26(35)36-13)12-29-7-9-30(10-8-29)21-16(27)11-15-20(19(21)28)31-23(14-5-3-2-4-6-14)38-24(31)18(22(15)32)25(33)34/h2-6,11,23H,7-10,12H2,1H3,(H,33,34). The number of piperazine rings is 1. The van der Waals surface area contributed by atoms with Crippen molar-refractivity contribution in [3.05, 3.63) is 91.5 Å². The van der Waals surface area contributed by atoms with Crippen LogP contribution in [0.15, 0.2) is 59.8 Å². The molecule has 0 aliphatic carbocycles. The molecule has 6 rings (SSSR count). The van der Waals surface area contributed by atoms with E-state index in [0.29, 0.717) is 31.2 Å². The van der Waals surface area contributed by atoms with E-state index in [1.54, 1.807) is 11.8 Å². The van der Waals surface area contributed by atoms with Crippen LogP contribution in [-0.4, -0.2) is 46.7 Å². The molecule has 1 unspecified atom stereocenters. The van der Waals surface area contributed by atoms with Gasteiger partial charge in [-0.25, -0.2) is 18.4 Å². The normalized spacial score (nSPS) is 17.4. The summed E-state index contributed by atoms with van der Waals surface area (Å²) in [6.07, 6.45) is 0. The lowest BCUT2D eigenvalue weighted by molar-refractivity contribution is 0.0689. The molecule has 12 heteroatoms. The summed E-state index contributed by atoms with van der Waals surface area (Å²) in [4.78, 5) is 39.9. The highest BCUT2D eigenvalue weighted by molar-refractivity contribution is 8.00. The van der Waals surface area contributed by atoms with E-state index in [1.165, 1.54) is 4.57 Å². The monoisotopic (exact) mass is 541 g/mol. The van der Waals surface area contributed by atoms with Crippen LogP contribution in [0.25, 0.3) is 10.9 Å². The summed E-state index contributed by atoms with van der Waals surface area (Å²) in [5.74, 6) is -3.26. The number of halogens is 2. The largest absolute Gasteiger partial charge is 0.519 e. The van der Waals surface area contributed by atoms with Crippen LogP contribution in [0.2, 0.25) is 0 Å². The van der Waals surface area contributed by atoms with Crippen molar-refractivity contribution in [2.75, 3.05) is 31.1 Å². The maximum absolute atomic E-state index is 16.2. The molecule has 2 aliphatic heterocycles. The second kappa shape index (κ2) is 9.14. The van der Waals surface area contributed by atoms with Gasteiger partial charge in [-0.1, -0.05) is 42.1 Å². The SMILES string of the molecule is Cc1oc(=O)oc1CN1CCN(c2c(F)cc3c(=O)c(C(=O)O)c4n(c3c2F)C(c2ccccc2)S4)CC1. The number of aromatic carboxylic acids is 1. The van der Waals surface area contributed by atoms with Crippen LogP contribution in [0.3, 0.4) is 0 Å². The number of nitrogens with zero attached hydrogens (tertiary/aromatic N) is 3. The average Bonchev–Trinajstić information content (AvgIpc) is 3.19. The maximum atomic E-state index is 16.2. The molecule has 9 nitrogen and oxygen atoms in total. The number of carboxylic acids is 1. The first-order valence-electron chi connectivity index (χ1n) is 11.9. The quantitative estimate of drug-likeness (QED) is 0.403. The van der Waals surface area contributed by atoms with Crippen LogP contribution in [0, 0.1) is 18.6 Å². The fourth-order valence-electron chi connectivity index (χ4n) is 5.07. The van der Waals surface area contributed by atoms with Gasteiger partial charge in [-0.3, -0.25) is 9.69 Å². The molecule has 4 heterocycles. The minimum atomic E-state index is -1.44. The summed E-state index contributed by atoms with van der Waals surface area (Å²) in [7, 11) is 0. The summed E-state index contributed by atoms with van der Waals surface area (Å²) in [6.45, 7) is 3.38. The van der Waals surface area contributed by atoms with Gasteiger partial charge in [0.15, 0.2) is 11.6 Å². The number of benzene rings is 2. The Bertz CT molecular complexity index is 1710. The smallest absolute Gasteiger partial charge is 0.477 e.